The summed E-state index contributed by atoms with van der Waals surface area (Å²) in [5.74, 6) is 0.972. The summed E-state index contributed by atoms with van der Waals surface area (Å²) < 4.78 is 9.17. The van der Waals surface area contributed by atoms with E-state index in [1.807, 2.05) is 36.1 Å². The molecule has 134 valence electrons. The third-order valence-corrected chi connectivity index (χ3v) is 4.84. The van der Waals surface area contributed by atoms with Crippen molar-refractivity contribution in [3.05, 3.63) is 65.1 Å². The van der Waals surface area contributed by atoms with Gasteiger partial charge in [0.05, 0.1) is 31.1 Å². The van der Waals surface area contributed by atoms with Crippen molar-refractivity contribution < 1.29 is 9.53 Å². The van der Waals surface area contributed by atoms with Gasteiger partial charge < -0.3 is 9.30 Å². The SMILES string of the molecule is CCOC(=O)N1Cc2nn(-c3ccc(C)c(C)c3)c(-n3cccc3)c2C1. The molecule has 6 heteroatoms. The fourth-order valence-corrected chi connectivity index (χ4v) is 3.32. The molecule has 6 nitrogen and oxygen atoms in total. The van der Waals surface area contributed by atoms with Crippen LogP contribution in [-0.2, 0) is 17.8 Å². The fourth-order valence-electron chi connectivity index (χ4n) is 3.32. The third kappa shape index (κ3) is 2.67. The Morgan fingerprint density at radius 3 is 2.62 bits per heavy atom. The van der Waals surface area contributed by atoms with E-state index in [1.54, 1.807) is 4.90 Å². The number of ether oxygens (including phenoxy) is 1. The Bertz CT molecular complexity index is 957. The van der Waals surface area contributed by atoms with Crippen molar-refractivity contribution in [2.45, 2.75) is 33.9 Å². The molecule has 1 amide bonds. The minimum Gasteiger partial charge on any atom is -0.450 e. The Labute approximate surface area is 152 Å². The molecule has 3 heterocycles. The average molecular weight is 350 g/mol. The van der Waals surface area contributed by atoms with E-state index in [4.69, 9.17) is 9.84 Å². The van der Waals surface area contributed by atoms with Crippen molar-refractivity contribution in [2.75, 3.05) is 6.61 Å². The maximum atomic E-state index is 12.1. The van der Waals surface area contributed by atoms with E-state index >= 15 is 0 Å². The standard InChI is InChI=1S/C20H22N4O2/c1-4-26-20(25)23-12-17-18(13-23)21-24(19(17)22-9-5-6-10-22)16-8-7-14(2)15(3)11-16/h5-11H,4,12-13H2,1-3H3. The summed E-state index contributed by atoms with van der Waals surface area (Å²) in [7, 11) is 0. The number of hydrogen-bond donors (Lipinski definition) is 0. The van der Waals surface area contributed by atoms with Crippen molar-refractivity contribution in [1.29, 1.82) is 0 Å². The number of amides is 1. The number of carbonyl (C=O) groups excluding carboxylic acids is 1. The minimum absolute atomic E-state index is 0.290. The van der Waals surface area contributed by atoms with Crippen LogP contribution < -0.4 is 0 Å². The van der Waals surface area contributed by atoms with Gasteiger partial charge in [-0.2, -0.15) is 5.10 Å². The lowest BCUT2D eigenvalue weighted by molar-refractivity contribution is 0.106. The molecule has 0 aliphatic carbocycles. The highest BCUT2D eigenvalue weighted by Crippen LogP contribution is 2.31. The van der Waals surface area contributed by atoms with Gasteiger partial charge in [0.1, 0.15) is 5.82 Å². The molecule has 3 aromatic rings. The molecule has 1 aliphatic rings. The number of aromatic nitrogens is 3. The van der Waals surface area contributed by atoms with Gasteiger partial charge in [-0.3, -0.25) is 4.90 Å². The van der Waals surface area contributed by atoms with E-state index in [9.17, 15) is 4.79 Å². The van der Waals surface area contributed by atoms with Gasteiger partial charge in [-0.25, -0.2) is 9.48 Å². The lowest BCUT2D eigenvalue weighted by Crippen LogP contribution is -2.27. The van der Waals surface area contributed by atoms with Gasteiger partial charge >= 0.3 is 6.09 Å². The van der Waals surface area contributed by atoms with Crippen molar-refractivity contribution >= 4 is 6.09 Å². The Balaban J connectivity index is 1.80. The molecule has 1 aromatic carbocycles. The molecule has 4 rings (SSSR count). The summed E-state index contributed by atoms with van der Waals surface area (Å²) in [6.45, 7) is 7.38. The van der Waals surface area contributed by atoms with E-state index in [1.165, 1.54) is 11.1 Å². The molecule has 0 bridgehead atoms. The molecule has 0 radical (unpaired) electrons. The molecule has 26 heavy (non-hydrogen) atoms. The van der Waals surface area contributed by atoms with Crippen LogP contribution in [0.2, 0.25) is 0 Å². The molecule has 0 unspecified atom stereocenters. The molecule has 0 saturated heterocycles. The van der Waals surface area contributed by atoms with Gasteiger partial charge in [0.2, 0.25) is 0 Å². The van der Waals surface area contributed by atoms with Crippen molar-refractivity contribution in [2.24, 2.45) is 0 Å². The van der Waals surface area contributed by atoms with Crippen molar-refractivity contribution in [3.63, 3.8) is 0 Å². The number of hydrogen-bond acceptors (Lipinski definition) is 3. The largest absolute Gasteiger partial charge is 0.450 e. The molecule has 0 spiro atoms. The van der Waals surface area contributed by atoms with Gasteiger partial charge in [-0.1, -0.05) is 6.07 Å². The Hall–Kier alpha value is -3.02. The van der Waals surface area contributed by atoms with E-state index in [0.717, 1.165) is 22.8 Å². The highest BCUT2D eigenvalue weighted by atomic mass is 16.6. The summed E-state index contributed by atoms with van der Waals surface area (Å²) in [5.41, 5.74) is 5.48. The van der Waals surface area contributed by atoms with Crippen LogP contribution in [0.1, 0.15) is 29.3 Å². The van der Waals surface area contributed by atoms with Crippen LogP contribution in [0.5, 0.6) is 0 Å². The predicted molar refractivity (Wildman–Crippen MR) is 98.6 cm³/mol. The van der Waals surface area contributed by atoms with Crippen LogP contribution in [0.3, 0.4) is 0 Å². The van der Waals surface area contributed by atoms with Crippen LogP contribution in [0, 0.1) is 13.8 Å². The lowest BCUT2D eigenvalue weighted by Gasteiger charge is -2.17. The maximum absolute atomic E-state index is 12.1. The van der Waals surface area contributed by atoms with Crippen LogP contribution in [0.15, 0.2) is 42.7 Å². The monoisotopic (exact) mass is 350 g/mol. The first-order valence-electron chi connectivity index (χ1n) is 8.82. The first kappa shape index (κ1) is 16.4. The summed E-state index contributed by atoms with van der Waals surface area (Å²) >= 11 is 0. The summed E-state index contributed by atoms with van der Waals surface area (Å²) in [6.07, 6.45) is 3.71. The highest BCUT2D eigenvalue weighted by Gasteiger charge is 2.32. The topological polar surface area (TPSA) is 52.3 Å². The zero-order valence-electron chi connectivity index (χ0n) is 15.3. The quantitative estimate of drug-likeness (QED) is 0.723. The summed E-state index contributed by atoms with van der Waals surface area (Å²) in [6, 6.07) is 10.3. The number of nitrogens with zero attached hydrogens (tertiary/aromatic N) is 4. The van der Waals surface area contributed by atoms with Gasteiger partial charge in [-0.15, -0.1) is 0 Å². The Morgan fingerprint density at radius 1 is 1.15 bits per heavy atom. The molecular formula is C20H22N4O2. The van der Waals surface area contributed by atoms with Crippen molar-refractivity contribution in [3.8, 4) is 11.5 Å². The van der Waals surface area contributed by atoms with Crippen molar-refractivity contribution in [1.82, 2.24) is 19.2 Å². The second-order valence-corrected chi connectivity index (χ2v) is 6.57. The Morgan fingerprint density at radius 2 is 1.92 bits per heavy atom. The summed E-state index contributed by atoms with van der Waals surface area (Å²) in [5, 5.41) is 4.83. The highest BCUT2D eigenvalue weighted by molar-refractivity contribution is 5.69. The molecule has 2 aromatic heterocycles. The van der Waals surface area contributed by atoms with Gasteiger partial charge in [0.15, 0.2) is 0 Å². The first-order chi connectivity index (χ1) is 12.6. The number of carbonyl (C=O) groups is 1. The van der Waals surface area contributed by atoms with Crippen LogP contribution in [0.4, 0.5) is 4.79 Å². The number of rotatable bonds is 3. The van der Waals surface area contributed by atoms with E-state index in [0.29, 0.717) is 19.7 Å². The molecule has 0 fully saturated rings. The average Bonchev–Trinajstić information content (AvgIpc) is 3.32. The number of benzene rings is 1. The first-order valence-corrected chi connectivity index (χ1v) is 8.82. The zero-order valence-corrected chi connectivity index (χ0v) is 15.3. The molecule has 0 atom stereocenters. The lowest BCUT2D eigenvalue weighted by atomic mass is 10.1. The maximum Gasteiger partial charge on any atom is 0.410 e. The zero-order chi connectivity index (χ0) is 18.3. The molecule has 1 aliphatic heterocycles. The van der Waals surface area contributed by atoms with Gasteiger partial charge in [0.25, 0.3) is 0 Å². The summed E-state index contributed by atoms with van der Waals surface area (Å²) in [4.78, 5) is 13.8. The van der Waals surface area contributed by atoms with E-state index in [2.05, 4.69) is 36.6 Å². The third-order valence-electron chi connectivity index (χ3n) is 4.84. The fraction of sp³-hybridized carbons (Fsp3) is 0.300. The molecule has 0 saturated carbocycles. The smallest absolute Gasteiger partial charge is 0.410 e. The minimum atomic E-state index is -0.290. The number of fused-ring (bicyclic) bond motifs is 1. The van der Waals surface area contributed by atoms with Crippen LogP contribution >= 0.6 is 0 Å². The Kier molecular flexibility index (Phi) is 4.03. The van der Waals surface area contributed by atoms with E-state index < -0.39 is 0 Å². The van der Waals surface area contributed by atoms with Gasteiger partial charge in [0, 0.05) is 18.0 Å². The number of aryl methyl sites for hydroxylation is 2. The van der Waals surface area contributed by atoms with Crippen LogP contribution in [0.25, 0.3) is 11.5 Å². The van der Waals surface area contributed by atoms with E-state index in [-0.39, 0.29) is 6.09 Å². The second kappa shape index (κ2) is 6.37. The van der Waals surface area contributed by atoms with Crippen LogP contribution in [-0.4, -0.2) is 31.9 Å². The second-order valence-electron chi connectivity index (χ2n) is 6.57. The van der Waals surface area contributed by atoms with Gasteiger partial charge in [-0.05, 0) is 56.2 Å². The normalized spacial score (nSPS) is 13.1. The predicted octanol–water partition coefficient (Wildman–Crippen LogP) is 3.75. The molecule has 0 N–H and O–H groups in total. The molecular weight excluding hydrogens is 328 g/mol.